The quantitative estimate of drug-likeness (QED) is 0.580. The zero-order chi connectivity index (χ0) is 16.5. The lowest BCUT2D eigenvalue weighted by molar-refractivity contribution is 0.0299. The number of rotatable bonds is 2. The van der Waals surface area contributed by atoms with Gasteiger partial charge in [-0.15, -0.1) is 0 Å². The van der Waals surface area contributed by atoms with E-state index in [0.717, 1.165) is 26.0 Å². The second kappa shape index (κ2) is 6.48. The second-order valence-corrected chi connectivity index (χ2v) is 6.52. The van der Waals surface area contributed by atoms with Gasteiger partial charge in [-0.25, -0.2) is 0 Å². The van der Waals surface area contributed by atoms with Crippen LogP contribution < -0.4 is 0 Å². The van der Waals surface area contributed by atoms with Crippen LogP contribution in [0, 0.1) is 3.77 Å². The van der Waals surface area contributed by atoms with Gasteiger partial charge in [0.25, 0.3) is 5.91 Å². The number of halogens is 1. The summed E-state index contributed by atoms with van der Waals surface area (Å²) in [5.74, 6) is -0.0699. The number of amides is 1. The molecule has 24 heavy (non-hydrogen) atoms. The monoisotopic (exact) mass is 435 g/mol. The maximum Gasteiger partial charge on any atom is 0.272 e. The molecule has 0 aromatic carbocycles. The van der Waals surface area contributed by atoms with E-state index in [1.165, 1.54) is 0 Å². The van der Waals surface area contributed by atoms with Crippen molar-refractivity contribution >= 4 is 39.6 Å². The van der Waals surface area contributed by atoms with Crippen LogP contribution in [-0.4, -0.2) is 47.1 Å². The molecular formula is C17H14IN3O3. The van der Waals surface area contributed by atoms with Crippen LogP contribution in [0.2, 0.25) is 0 Å². The minimum absolute atomic E-state index is 0.0699. The predicted octanol–water partition coefficient (Wildman–Crippen LogP) is 2.97. The van der Waals surface area contributed by atoms with Gasteiger partial charge >= 0.3 is 0 Å². The van der Waals surface area contributed by atoms with Gasteiger partial charge in [-0.2, -0.15) is 0 Å². The SMILES string of the molecule is O=C(c1cc(-c2ccnc3cc(I)oc23)ccn1)N1CCOCC1. The third-order valence-corrected chi connectivity index (χ3v) is 4.50. The van der Waals surface area contributed by atoms with E-state index >= 15 is 0 Å². The highest BCUT2D eigenvalue weighted by Crippen LogP contribution is 2.30. The fourth-order valence-corrected chi connectivity index (χ4v) is 3.29. The highest BCUT2D eigenvalue weighted by molar-refractivity contribution is 14.1. The van der Waals surface area contributed by atoms with E-state index in [9.17, 15) is 4.79 Å². The first-order chi connectivity index (χ1) is 11.7. The molecule has 0 atom stereocenters. The van der Waals surface area contributed by atoms with E-state index in [-0.39, 0.29) is 5.91 Å². The summed E-state index contributed by atoms with van der Waals surface area (Å²) in [6, 6.07) is 7.46. The molecule has 122 valence electrons. The molecule has 1 aliphatic heterocycles. The van der Waals surface area contributed by atoms with Crippen LogP contribution in [0.25, 0.3) is 22.2 Å². The molecule has 6 nitrogen and oxygen atoms in total. The lowest BCUT2D eigenvalue weighted by Gasteiger charge is -2.26. The maximum atomic E-state index is 12.6. The Kier molecular flexibility index (Phi) is 4.19. The Balaban J connectivity index is 1.72. The van der Waals surface area contributed by atoms with E-state index in [2.05, 4.69) is 32.6 Å². The first-order valence-electron chi connectivity index (χ1n) is 7.60. The van der Waals surface area contributed by atoms with Crippen LogP contribution in [-0.2, 0) is 4.74 Å². The summed E-state index contributed by atoms with van der Waals surface area (Å²) in [7, 11) is 0. The van der Waals surface area contributed by atoms with Crippen molar-refractivity contribution in [3.63, 3.8) is 0 Å². The van der Waals surface area contributed by atoms with Crippen molar-refractivity contribution in [3.05, 3.63) is 46.1 Å². The molecule has 1 aliphatic rings. The van der Waals surface area contributed by atoms with Crippen molar-refractivity contribution in [1.29, 1.82) is 0 Å². The molecule has 0 radical (unpaired) electrons. The molecule has 3 aromatic heterocycles. The standard InChI is InChI=1S/C17H14IN3O3/c18-15-10-13-16(24-15)12(2-4-19-13)11-1-3-20-14(9-11)17(22)21-5-7-23-8-6-21/h1-4,9-10H,5-8H2. The zero-order valence-electron chi connectivity index (χ0n) is 12.7. The molecule has 4 rings (SSSR count). The molecule has 1 saturated heterocycles. The number of furan rings is 1. The van der Waals surface area contributed by atoms with Crippen molar-refractivity contribution in [1.82, 2.24) is 14.9 Å². The number of pyridine rings is 2. The Morgan fingerprint density at radius 3 is 2.75 bits per heavy atom. The van der Waals surface area contributed by atoms with Crippen LogP contribution >= 0.6 is 22.6 Å². The summed E-state index contributed by atoms with van der Waals surface area (Å²) in [5, 5.41) is 0. The van der Waals surface area contributed by atoms with Gasteiger partial charge in [-0.1, -0.05) is 0 Å². The summed E-state index contributed by atoms with van der Waals surface area (Å²) in [4.78, 5) is 23.0. The van der Waals surface area contributed by atoms with E-state index in [0.29, 0.717) is 32.0 Å². The Labute approximate surface area is 152 Å². The number of carbonyl (C=O) groups excluding carboxylic acids is 1. The van der Waals surface area contributed by atoms with E-state index < -0.39 is 0 Å². The molecule has 1 fully saturated rings. The summed E-state index contributed by atoms with van der Waals surface area (Å²) in [5.41, 5.74) is 3.74. The molecule has 1 amide bonds. The molecule has 7 heteroatoms. The average molecular weight is 435 g/mol. The number of hydrogen-bond acceptors (Lipinski definition) is 5. The van der Waals surface area contributed by atoms with Crippen LogP contribution in [0.1, 0.15) is 10.5 Å². The summed E-state index contributed by atoms with van der Waals surface area (Å²) in [6.45, 7) is 2.34. The molecule has 4 heterocycles. The molecule has 0 aliphatic carbocycles. The molecule has 0 spiro atoms. The summed E-state index contributed by atoms with van der Waals surface area (Å²) < 4.78 is 11.8. The third-order valence-electron chi connectivity index (χ3n) is 3.97. The first kappa shape index (κ1) is 15.5. The summed E-state index contributed by atoms with van der Waals surface area (Å²) in [6.07, 6.45) is 3.40. The summed E-state index contributed by atoms with van der Waals surface area (Å²) >= 11 is 2.12. The van der Waals surface area contributed by atoms with Crippen molar-refractivity contribution < 1.29 is 13.9 Å². The van der Waals surface area contributed by atoms with Crippen LogP contribution in [0.4, 0.5) is 0 Å². The van der Waals surface area contributed by atoms with Gasteiger partial charge in [-0.05, 0) is 46.4 Å². The highest BCUT2D eigenvalue weighted by Gasteiger charge is 2.20. The number of aromatic nitrogens is 2. The van der Waals surface area contributed by atoms with Gasteiger partial charge in [0.05, 0.1) is 13.2 Å². The van der Waals surface area contributed by atoms with Gasteiger partial charge < -0.3 is 14.1 Å². The smallest absolute Gasteiger partial charge is 0.272 e. The molecule has 0 bridgehead atoms. The third kappa shape index (κ3) is 2.89. The fourth-order valence-electron chi connectivity index (χ4n) is 2.78. The minimum Gasteiger partial charge on any atom is -0.448 e. The second-order valence-electron chi connectivity index (χ2n) is 5.46. The van der Waals surface area contributed by atoms with Gasteiger partial charge in [0.2, 0.25) is 0 Å². The number of fused-ring (bicyclic) bond motifs is 1. The van der Waals surface area contributed by atoms with E-state index in [4.69, 9.17) is 9.15 Å². The molecular weight excluding hydrogens is 421 g/mol. The predicted molar refractivity (Wildman–Crippen MR) is 96.7 cm³/mol. The topological polar surface area (TPSA) is 68.5 Å². The Hall–Kier alpha value is -2.00. The van der Waals surface area contributed by atoms with Crippen LogP contribution in [0.3, 0.4) is 0 Å². The Morgan fingerprint density at radius 1 is 1.12 bits per heavy atom. The van der Waals surface area contributed by atoms with Gasteiger partial charge in [-0.3, -0.25) is 14.8 Å². The molecule has 0 unspecified atom stereocenters. The average Bonchev–Trinajstić information content (AvgIpc) is 3.02. The molecule has 0 N–H and O–H groups in total. The maximum absolute atomic E-state index is 12.6. The Morgan fingerprint density at radius 2 is 1.92 bits per heavy atom. The van der Waals surface area contributed by atoms with E-state index in [1.807, 2.05) is 24.3 Å². The van der Waals surface area contributed by atoms with Gasteiger partial charge in [0.15, 0.2) is 9.35 Å². The van der Waals surface area contributed by atoms with Crippen molar-refractivity contribution in [3.8, 4) is 11.1 Å². The first-order valence-corrected chi connectivity index (χ1v) is 8.68. The number of ether oxygens (including phenoxy) is 1. The minimum atomic E-state index is -0.0699. The van der Waals surface area contributed by atoms with Gasteiger partial charge in [0, 0.05) is 37.1 Å². The van der Waals surface area contributed by atoms with Crippen LogP contribution in [0.5, 0.6) is 0 Å². The lowest BCUT2D eigenvalue weighted by Crippen LogP contribution is -2.41. The largest absolute Gasteiger partial charge is 0.448 e. The molecule has 0 saturated carbocycles. The van der Waals surface area contributed by atoms with Crippen molar-refractivity contribution in [2.75, 3.05) is 26.3 Å². The normalized spacial score (nSPS) is 15.0. The number of carbonyl (C=O) groups is 1. The number of morpholine rings is 1. The van der Waals surface area contributed by atoms with Crippen LogP contribution in [0.15, 0.2) is 41.1 Å². The van der Waals surface area contributed by atoms with Crippen molar-refractivity contribution in [2.45, 2.75) is 0 Å². The zero-order valence-corrected chi connectivity index (χ0v) is 14.9. The fraction of sp³-hybridized carbons (Fsp3) is 0.235. The lowest BCUT2D eigenvalue weighted by atomic mass is 10.1. The number of nitrogens with zero attached hydrogens (tertiary/aromatic N) is 3. The highest BCUT2D eigenvalue weighted by atomic mass is 127. The molecule has 3 aromatic rings. The number of hydrogen-bond donors (Lipinski definition) is 0. The van der Waals surface area contributed by atoms with Gasteiger partial charge in [0.1, 0.15) is 11.2 Å². The van der Waals surface area contributed by atoms with E-state index in [1.54, 1.807) is 17.3 Å². The Bertz CT molecular complexity index is 903. The van der Waals surface area contributed by atoms with Crippen molar-refractivity contribution in [2.24, 2.45) is 0 Å².